The second-order valence-corrected chi connectivity index (χ2v) is 6.42. The largest absolute Gasteiger partial charge is 0.448 e. The number of carbonyl (C=O) groups is 1. The summed E-state index contributed by atoms with van der Waals surface area (Å²) in [5.41, 5.74) is 3.95. The highest BCUT2D eigenvalue weighted by Gasteiger charge is 2.31. The number of rotatable bonds is 3. The van der Waals surface area contributed by atoms with Crippen LogP contribution >= 0.6 is 11.3 Å². The van der Waals surface area contributed by atoms with E-state index in [0.29, 0.717) is 0 Å². The predicted octanol–water partition coefficient (Wildman–Crippen LogP) is 4.58. The highest BCUT2D eigenvalue weighted by atomic mass is 32.1. The van der Waals surface area contributed by atoms with E-state index in [-0.39, 0.29) is 9.88 Å². The minimum atomic E-state index is -0.551. The average molecular weight is 337 g/mol. The second kappa shape index (κ2) is 5.58. The van der Waals surface area contributed by atoms with Gasteiger partial charge in [0, 0.05) is 17.2 Å². The van der Waals surface area contributed by atoms with Crippen molar-refractivity contribution in [3.05, 3.63) is 86.8 Å². The number of ether oxygens (including phenoxy) is 1. The van der Waals surface area contributed by atoms with Gasteiger partial charge in [0.15, 0.2) is 6.10 Å². The predicted molar refractivity (Wildman–Crippen MR) is 90.1 cm³/mol. The highest BCUT2D eigenvalue weighted by molar-refractivity contribution is 7.17. The van der Waals surface area contributed by atoms with Crippen LogP contribution in [0.15, 0.2) is 60.7 Å². The van der Waals surface area contributed by atoms with Gasteiger partial charge in [-0.25, -0.2) is 4.79 Å². The Hall–Kier alpha value is -2.99. The molecule has 0 saturated heterocycles. The first-order valence-corrected chi connectivity index (χ1v) is 8.10. The molecule has 4 rings (SSSR count). The zero-order chi connectivity index (χ0) is 16.7. The molecule has 1 aromatic heterocycles. The molecule has 0 unspecified atom stereocenters. The SMILES string of the molecule is O=C(OC1c2ccccc2-c2ccccc21)c1ccc([N+](=O)[O-])s1. The van der Waals surface area contributed by atoms with Crippen molar-refractivity contribution in [2.45, 2.75) is 6.10 Å². The molecule has 0 aliphatic heterocycles. The van der Waals surface area contributed by atoms with Crippen molar-refractivity contribution in [3.8, 4) is 11.1 Å². The summed E-state index contributed by atoms with van der Waals surface area (Å²) in [4.78, 5) is 22.9. The van der Waals surface area contributed by atoms with E-state index >= 15 is 0 Å². The maximum atomic E-state index is 12.4. The third kappa shape index (κ3) is 2.28. The lowest BCUT2D eigenvalue weighted by Gasteiger charge is -2.14. The maximum Gasteiger partial charge on any atom is 0.349 e. The lowest BCUT2D eigenvalue weighted by Crippen LogP contribution is -2.09. The van der Waals surface area contributed by atoms with Gasteiger partial charge in [-0.2, -0.15) is 0 Å². The number of hydrogen-bond acceptors (Lipinski definition) is 5. The molecule has 1 heterocycles. The van der Waals surface area contributed by atoms with Crippen LogP contribution in [-0.4, -0.2) is 10.9 Å². The molecule has 6 heteroatoms. The number of benzene rings is 2. The van der Waals surface area contributed by atoms with Gasteiger partial charge in [0.05, 0.1) is 4.92 Å². The van der Waals surface area contributed by atoms with Gasteiger partial charge in [-0.1, -0.05) is 59.9 Å². The van der Waals surface area contributed by atoms with Crippen LogP contribution in [0.5, 0.6) is 0 Å². The van der Waals surface area contributed by atoms with Crippen molar-refractivity contribution in [3.63, 3.8) is 0 Å². The first kappa shape index (κ1) is 14.6. The molecular weight excluding hydrogens is 326 g/mol. The Balaban J connectivity index is 1.69. The molecular formula is C18H11NO4S. The fourth-order valence-electron chi connectivity index (χ4n) is 2.94. The lowest BCUT2D eigenvalue weighted by molar-refractivity contribution is -0.380. The van der Waals surface area contributed by atoms with Crippen molar-refractivity contribution in [2.75, 3.05) is 0 Å². The monoisotopic (exact) mass is 337 g/mol. The number of thiophene rings is 1. The Labute approximate surface area is 141 Å². The van der Waals surface area contributed by atoms with Gasteiger partial charge in [-0.3, -0.25) is 10.1 Å². The van der Waals surface area contributed by atoms with Gasteiger partial charge in [0.25, 0.3) is 0 Å². The van der Waals surface area contributed by atoms with Crippen LogP contribution in [0.1, 0.15) is 26.9 Å². The van der Waals surface area contributed by atoms with Gasteiger partial charge < -0.3 is 4.74 Å². The summed E-state index contributed by atoms with van der Waals surface area (Å²) in [6.45, 7) is 0. The Bertz CT molecular complexity index is 917. The van der Waals surface area contributed by atoms with Crippen molar-refractivity contribution in [1.29, 1.82) is 0 Å². The Morgan fingerprint density at radius 2 is 1.54 bits per heavy atom. The third-order valence-electron chi connectivity index (χ3n) is 3.97. The molecule has 24 heavy (non-hydrogen) atoms. The zero-order valence-corrected chi connectivity index (χ0v) is 13.2. The smallest absolute Gasteiger partial charge is 0.349 e. The molecule has 0 radical (unpaired) electrons. The summed E-state index contributed by atoms with van der Waals surface area (Å²) in [5, 5.41) is 10.7. The number of hydrogen-bond donors (Lipinski definition) is 0. The lowest BCUT2D eigenvalue weighted by atomic mass is 10.1. The fourth-order valence-corrected chi connectivity index (χ4v) is 3.64. The van der Waals surface area contributed by atoms with Gasteiger partial charge >= 0.3 is 11.0 Å². The highest BCUT2D eigenvalue weighted by Crippen LogP contribution is 2.45. The first-order chi connectivity index (χ1) is 11.6. The first-order valence-electron chi connectivity index (χ1n) is 7.28. The molecule has 0 saturated carbocycles. The number of carbonyl (C=O) groups excluding carboxylic acids is 1. The van der Waals surface area contributed by atoms with E-state index in [2.05, 4.69) is 0 Å². The van der Waals surface area contributed by atoms with E-state index in [4.69, 9.17) is 4.74 Å². The molecule has 0 bridgehead atoms. The van der Waals surface area contributed by atoms with Crippen LogP contribution in [0.25, 0.3) is 11.1 Å². The zero-order valence-electron chi connectivity index (χ0n) is 12.3. The van der Waals surface area contributed by atoms with E-state index in [9.17, 15) is 14.9 Å². The minimum absolute atomic E-state index is 0.0748. The maximum absolute atomic E-state index is 12.4. The summed E-state index contributed by atoms with van der Waals surface area (Å²) < 4.78 is 5.69. The quantitative estimate of drug-likeness (QED) is 0.398. The van der Waals surface area contributed by atoms with Crippen molar-refractivity contribution in [1.82, 2.24) is 0 Å². The van der Waals surface area contributed by atoms with E-state index in [1.807, 2.05) is 48.5 Å². The number of esters is 1. The van der Waals surface area contributed by atoms with Gasteiger partial charge in [-0.05, 0) is 17.2 Å². The molecule has 118 valence electrons. The Kier molecular flexibility index (Phi) is 3.39. The Morgan fingerprint density at radius 3 is 2.08 bits per heavy atom. The van der Waals surface area contributed by atoms with Gasteiger partial charge in [0.1, 0.15) is 4.88 Å². The van der Waals surface area contributed by atoms with E-state index in [1.54, 1.807) is 0 Å². The van der Waals surface area contributed by atoms with Crippen LogP contribution < -0.4 is 0 Å². The van der Waals surface area contributed by atoms with Crippen LogP contribution in [0, 0.1) is 10.1 Å². The fraction of sp³-hybridized carbons (Fsp3) is 0.0556. The normalized spacial score (nSPS) is 12.5. The summed E-state index contributed by atoms with van der Waals surface area (Å²) in [6, 6.07) is 18.3. The van der Waals surface area contributed by atoms with Crippen LogP contribution in [0.3, 0.4) is 0 Å². The van der Waals surface area contributed by atoms with Crippen molar-refractivity contribution < 1.29 is 14.5 Å². The molecule has 0 atom stereocenters. The standard InChI is InChI=1S/C18H11NO4S/c20-18(15-9-10-16(24-15)19(21)22)23-17-13-7-3-1-5-11(13)12-6-2-4-8-14(12)17/h1-10,17H. The van der Waals surface area contributed by atoms with Crippen LogP contribution in [0.4, 0.5) is 5.00 Å². The molecule has 2 aromatic carbocycles. The second-order valence-electron chi connectivity index (χ2n) is 5.35. The molecule has 5 nitrogen and oxygen atoms in total. The van der Waals surface area contributed by atoms with Crippen LogP contribution in [0.2, 0.25) is 0 Å². The summed E-state index contributed by atoms with van der Waals surface area (Å²) in [5.74, 6) is -0.551. The minimum Gasteiger partial charge on any atom is -0.448 e. The van der Waals surface area contributed by atoms with Crippen molar-refractivity contribution >= 4 is 22.3 Å². The Morgan fingerprint density at radius 1 is 0.958 bits per heavy atom. The van der Waals surface area contributed by atoms with E-state index in [0.717, 1.165) is 33.6 Å². The molecule has 1 aliphatic carbocycles. The molecule has 0 amide bonds. The van der Waals surface area contributed by atoms with Crippen LogP contribution in [-0.2, 0) is 4.74 Å². The van der Waals surface area contributed by atoms with Gasteiger partial charge in [-0.15, -0.1) is 0 Å². The third-order valence-corrected chi connectivity index (χ3v) is 4.99. The number of nitrogens with zero attached hydrogens (tertiary/aromatic N) is 1. The molecule has 0 N–H and O–H groups in total. The number of nitro groups is 1. The molecule has 0 fully saturated rings. The van der Waals surface area contributed by atoms with E-state index < -0.39 is 17.0 Å². The topological polar surface area (TPSA) is 69.4 Å². The van der Waals surface area contributed by atoms with E-state index in [1.165, 1.54) is 12.1 Å². The summed E-state index contributed by atoms with van der Waals surface area (Å²) >= 11 is 0.821. The molecule has 1 aliphatic rings. The van der Waals surface area contributed by atoms with Gasteiger partial charge in [0.2, 0.25) is 0 Å². The average Bonchev–Trinajstić information content (AvgIpc) is 3.20. The molecule has 3 aromatic rings. The number of fused-ring (bicyclic) bond motifs is 3. The summed E-state index contributed by atoms with van der Waals surface area (Å²) in [7, 11) is 0. The molecule has 0 spiro atoms. The van der Waals surface area contributed by atoms with Crippen molar-refractivity contribution in [2.24, 2.45) is 0 Å². The summed E-state index contributed by atoms with van der Waals surface area (Å²) in [6.07, 6.45) is -0.494.